The van der Waals surface area contributed by atoms with E-state index in [-0.39, 0.29) is 5.54 Å². The molecule has 1 N–H and O–H groups in total. The van der Waals surface area contributed by atoms with Crippen molar-refractivity contribution in [3.05, 3.63) is 29.3 Å². The molecule has 0 fully saturated rings. The molecular weight excluding hydrogens is 222 g/mol. The van der Waals surface area contributed by atoms with Crippen LogP contribution in [0.15, 0.2) is 18.2 Å². The molecule has 1 unspecified atom stereocenters. The van der Waals surface area contributed by atoms with Gasteiger partial charge in [0.05, 0.1) is 7.11 Å². The molecule has 0 aromatic heterocycles. The highest BCUT2D eigenvalue weighted by Crippen LogP contribution is 2.33. The Kier molecular flexibility index (Phi) is 3.96. The van der Waals surface area contributed by atoms with Crippen molar-refractivity contribution in [2.45, 2.75) is 51.5 Å². The Labute approximate surface area is 111 Å². The Hall–Kier alpha value is -1.02. The normalized spacial score (nSPS) is 19.4. The largest absolute Gasteiger partial charge is 0.497 e. The zero-order valence-corrected chi connectivity index (χ0v) is 12.0. The maximum absolute atomic E-state index is 5.35. The molecule has 1 aromatic carbocycles. The molecule has 1 aliphatic rings. The van der Waals surface area contributed by atoms with E-state index in [9.17, 15) is 0 Å². The SMILES string of the molecule is COc1ccc2c(c1)C(CNC(C)(C)C)CCC2. The first kappa shape index (κ1) is 13.4. The summed E-state index contributed by atoms with van der Waals surface area (Å²) in [5, 5.41) is 3.63. The van der Waals surface area contributed by atoms with Crippen molar-refractivity contribution in [3.8, 4) is 5.75 Å². The van der Waals surface area contributed by atoms with Crippen LogP contribution in [0.4, 0.5) is 0 Å². The van der Waals surface area contributed by atoms with E-state index in [2.05, 4.69) is 44.3 Å². The lowest BCUT2D eigenvalue weighted by atomic mass is 9.82. The average molecular weight is 247 g/mol. The van der Waals surface area contributed by atoms with Crippen LogP contribution >= 0.6 is 0 Å². The summed E-state index contributed by atoms with van der Waals surface area (Å²) in [6.45, 7) is 7.73. The Morgan fingerprint density at radius 2 is 2.11 bits per heavy atom. The number of ether oxygens (including phenoxy) is 1. The van der Waals surface area contributed by atoms with Crippen molar-refractivity contribution in [1.82, 2.24) is 5.32 Å². The summed E-state index contributed by atoms with van der Waals surface area (Å²) in [6.07, 6.45) is 3.80. The third-order valence-corrected chi connectivity index (χ3v) is 3.67. The van der Waals surface area contributed by atoms with Gasteiger partial charge in [0.15, 0.2) is 0 Å². The second-order valence-corrected chi connectivity index (χ2v) is 6.28. The van der Waals surface area contributed by atoms with Crippen LogP contribution in [0, 0.1) is 0 Å². The standard InChI is InChI=1S/C16H25NO/c1-16(2,3)17-11-13-7-5-6-12-8-9-14(18-4)10-15(12)13/h8-10,13,17H,5-7,11H2,1-4H3. The van der Waals surface area contributed by atoms with Gasteiger partial charge in [-0.1, -0.05) is 6.07 Å². The van der Waals surface area contributed by atoms with Gasteiger partial charge in [0.1, 0.15) is 5.75 Å². The van der Waals surface area contributed by atoms with Gasteiger partial charge in [-0.25, -0.2) is 0 Å². The number of nitrogens with one attached hydrogen (secondary N) is 1. The second kappa shape index (κ2) is 5.31. The molecule has 0 bridgehead atoms. The van der Waals surface area contributed by atoms with Crippen molar-refractivity contribution in [1.29, 1.82) is 0 Å². The van der Waals surface area contributed by atoms with E-state index in [1.165, 1.54) is 30.4 Å². The predicted molar refractivity (Wildman–Crippen MR) is 76.4 cm³/mol. The van der Waals surface area contributed by atoms with Gasteiger partial charge < -0.3 is 10.1 Å². The van der Waals surface area contributed by atoms with E-state index in [4.69, 9.17) is 4.74 Å². The number of hydrogen-bond donors (Lipinski definition) is 1. The topological polar surface area (TPSA) is 21.3 Å². The van der Waals surface area contributed by atoms with Crippen molar-refractivity contribution < 1.29 is 4.74 Å². The monoisotopic (exact) mass is 247 g/mol. The minimum absolute atomic E-state index is 0.191. The molecule has 1 aliphatic carbocycles. The van der Waals surface area contributed by atoms with E-state index < -0.39 is 0 Å². The quantitative estimate of drug-likeness (QED) is 0.882. The Morgan fingerprint density at radius 3 is 2.78 bits per heavy atom. The molecule has 2 rings (SSSR count). The fourth-order valence-electron chi connectivity index (χ4n) is 2.64. The van der Waals surface area contributed by atoms with Crippen LogP contribution in [0.3, 0.4) is 0 Å². The van der Waals surface area contributed by atoms with E-state index in [0.29, 0.717) is 5.92 Å². The first-order chi connectivity index (χ1) is 8.49. The van der Waals surface area contributed by atoms with Crippen molar-refractivity contribution >= 4 is 0 Å². The van der Waals surface area contributed by atoms with Crippen LogP contribution in [-0.4, -0.2) is 19.2 Å². The van der Waals surface area contributed by atoms with Gasteiger partial charge in [-0.15, -0.1) is 0 Å². The van der Waals surface area contributed by atoms with Crippen molar-refractivity contribution in [2.75, 3.05) is 13.7 Å². The third-order valence-electron chi connectivity index (χ3n) is 3.67. The lowest BCUT2D eigenvalue weighted by Gasteiger charge is -2.30. The van der Waals surface area contributed by atoms with Crippen molar-refractivity contribution in [3.63, 3.8) is 0 Å². The van der Waals surface area contributed by atoms with Gasteiger partial charge in [0.25, 0.3) is 0 Å². The molecule has 100 valence electrons. The number of rotatable bonds is 3. The fraction of sp³-hybridized carbons (Fsp3) is 0.625. The molecule has 2 heteroatoms. The van der Waals surface area contributed by atoms with Gasteiger partial charge in [-0.2, -0.15) is 0 Å². The zero-order chi connectivity index (χ0) is 13.2. The number of aryl methyl sites for hydroxylation is 1. The minimum Gasteiger partial charge on any atom is -0.497 e. The number of methoxy groups -OCH3 is 1. The average Bonchev–Trinajstić information content (AvgIpc) is 2.34. The van der Waals surface area contributed by atoms with Crippen LogP contribution in [0.5, 0.6) is 5.75 Å². The van der Waals surface area contributed by atoms with Crippen LogP contribution in [-0.2, 0) is 6.42 Å². The summed E-state index contributed by atoms with van der Waals surface area (Å²) in [5.41, 5.74) is 3.18. The molecule has 0 saturated heterocycles. The van der Waals surface area contributed by atoms with Gasteiger partial charge >= 0.3 is 0 Å². The number of hydrogen-bond acceptors (Lipinski definition) is 2. The van der Waals surface area contributed by atoms with Crippen LogP contribution < -0.4 is 10.1 Å². The maximum Gasteiger partial charge on any atom is 0.119 e. The summed E-state index contributed by atoms with van der Waals surface area (Å²) in [5.74, 6) is 1.61. The highest BCUT2D eigenvalue weighted by molar-refractivity contribution is 5.39. The van der Waals surface area contributed by atoms with E-state index in [1.807, 2.05) is 0 Å². The molecule has 18 heavy (non-hydrogen) atoms. The summed E-state index contributed by atoms with van der Waals surface area (Å²) >= 11 is 0. The van der Waals surface area contributed by atoms with E-state index >= 15 is 0 Å². The maximum atomic E-state index is 5.35. The van der Waals surface area contributed by atoms with Crippen LogP contribution in [0.2, 0.25) is 0 Å². The van der Waals surface area contributed by atoms with Gasteiger partial charge in [0.2, 0.25) is 0 Å². The third kappa shape index (κ3) is 3.26. The lowest BCUT2D eigenvalue weighted by molar-refractivity contribution is 0.386. The van der Waals surface area contributed by atoms with Gasteiger partial charge in [0, 0.05) is 12.1 Å². The summed E-state index contributed by atoms with van der Waals surface area (Å²) in [6, 6.07) is 6.54. The van der Waals surface area contributed by atoms with Gasteiger partial charge in [-0.05, 0) is 69.2 Å². The summed E-state index contributed by atoms with van der Waals surface area (Å²) < 4.78 is 5.35. The second-order valence-electron chi connectivity index (χ2n) is 6.28. The molecule has 0 spiro atoms. The molecule has 0 amide bonds. The lowest BCUT2D eigenvalue weighted by Crippen LogP contribution is -2.39. The minimum atomic E-state index is 0.191. The van der Waals surface area contributed by atoms with E-state index in [1.54, 1.807) is 7.11 Å². The fourth-order valence-corrected chi connectivity index (χ4v) is 2.64. The van der Waals surface area contributed by atoms with E-state index in [0.717, 1.165) is 12.3 Å². The van der Waals surface area contributed by atoms with Crippen molar-refractivity contribution in [2.24, 2.45) is 0 Å². The zero-order valence-electron chi connectivity index (χ0n) is 12.0. The van der Waals surface area contributed by atoms with Gasteiger partial charge in [-0.3, -0.25) is 0 Å². The molecular formula is C16H25NO. The molecule has 0 saturated carbocycles. The Bertz CT molecular complexity index is 406. The molecule has 1 aromatic rings. The highest BCUT2D eigenvalue weighted by Gasteiger charge is 2.22. The Morgan fingerprint density at radius 1 is 1.33 bits per heavy atom. The summed E-state index contributed by atoms with van der Waals surface area (Å²) in [7, 11) is 1.74. The predicted octanol–water partition coefficient (Wildman–Crippen LogP) is 3.50. The number of benzene rings is 1. The molecule has 0 radical (unpaired) electrons. The molecule has 1 atom stereocenters. The first-order valence-electron chi connectivity index (χ1n) is 6.91. The van der Waals surface area contributed by atoms with Crippen LogP contribution in [0.1, 0.15) is 50.7 Å². The molecule has 2 nitrogen and oxygen atoms in total. The molecule has 0 aliphatic heterocycles. The first-order valence-corrected chi connectivity index (χ1v) is 6.91. The number of fused-ring (bicyclic) bond motifs is 1. The summed E-state index contributed by atoms with van der Waals surface area (Å²) in [4.78, 5) is 0. The smallest absolute Gasteiger partial charge is 0.119 e. The highest BCUT2D eigenvalue weighted by atomic mass is 16.5. The van der Waals surface area contributed by atoms with Crippen LogP contribution in [0.25, 0.3) is 0 Å². The molecule has 0 heterocycles. The Balaban J connectivity index is 2.15.